The van der Waals surface area contributed by atoms with E-state index in [1.165, 1.54) is 6.21 Å². The summed E-state index contributed by atoms with van der Waals surface area (Å²) in [5.41, 5.74) is 2.02. The van der Waals surface area contributed by atoms with Crippen molar-refractivity contribution in [3.8, 4) is 0 Å². The van der Waals surface area contributed by atoms with E-state index in [4.69, 9.17) is 34.8 Å². The number of halogens is 3. The molecule has 2 N–H and O–H groups in total. The molecule has 2 amide bonds. The van der Waals surface area contributed by atoms with E-state index >= 15 is 0 Å². The van der Waals surface area contributed by atoms with E-state index in [-0.39, 0.29) is 18.2 Å². The largest absolute Gasteiger partial charge is 0.326 e. The van der Waals surface area contributed by atoms with Gasteiger partial charge in [-0.05, 0) is 36.8 Å². The highest BCUT2D eigenvalue weighted by atomic mass is 35.5. The second-order valence-corrected chi connectivity index (χ2v) is 8.52. The summed E-state index contributed by atoms with van der Waals surface area (Å²) in [5.74, 6) is -0.591. The fourth-order valence-corrected chi connectivity index (χ4v) is 4.00. The Balaban J connectivity index is 1.59. The van der Waals surface area contributed by atoms with Crippen LogP contribution < -0.4 is 10.6 Å². The smallest absolute Gasteiger partial charge is 0.240 e. The molecule has 0 saturated carbocycles. The third kappa shape index (κ3) is 5.73. The zero-order valence-electron chi connectivity index (χ0n) is 15.1. The van der Waals surface area contributed by atoms with Crippen LogP contribution in [0.3, 0.4) is 0 Å². The maximum Gasteiger partial charge on any atom is 0.240 e. The first kappa shape index (κ1) is 21.6. The highest BCUT2D eigenvalue weighted by Crippen LogP contribution is 2.26. The first-order valence-electron chi connectivity index (χ1n) is 8.42. The molecule has 6 nitrogen and oxygen atoms in total. The number of carbonyl (C=O) groups is 2. The van der Waals surface area contributed by atoms with Crippen LogP contribution in [0.5, 0.6) is 0 Å². The Bertz CT molecular complexity index is 1030. The van der Waals surface area contributed by atoms with Crippen molar-refractivity contribution in [3.05, 3.63) is 62.6 Å². The minimum absolute atomic E-state index is 0.00575. The summed E-state index contributed by atoms with van der Waals surface area (Å²) in [6, 6.07) is 10.2. The lowest BCUT2D eigenvalue weighted by Gasteiger charge is -2.10. The van der Waals surface area contributed by atoms with Gasteiger partial charge in [-0.2, -0.15) is 5.10 Å². The zero-order chi connectivity index (χ0) is 21.0. The minimum Gasteiger partial charge on any atom is -0.326 e. The van der Waals surface area contributed by atoms with Crippen molar-refractivity contribution in [3.63, 3.8) is 0 Å². The van der Waals surface area contributed by atoms with Gasteiger partial charge in [0.05, 0.1) is 11.2 Å². The SMILES string of the molecule is Cc1c(Cl)cccc1NC(=O)CC1S/C(=N/N=C\c2ccc(Cl)cc2Cl)NC1=O. The highest BCUT2D eigenvalue weighted by molar-refractivity contribution is 8.15. The van der Waals surface area contributed by atoms with Crippen LogP contribution in [-0.2, 0) is 9.59 Å². The van der Waals surface area contributed by atoms with Gasteiger partial charge in [0, 0.05) is 27.7 Å². The molecule has 1 atom stereocenters. The van der Waals surface area contributed by atoms with Gasteiger partial charge in [-0.3, -0.25) is 9.59 Å². The molecule has 2 aromatic carbocycles. The molecule has 0 aromatic heterocycles. The molecule has 0 spiro atoms. The molecule has 3 rings (SSSR count). The Morgan fingerprint density at radius 1 is 1.24 bits per heavy atom. The Morgan fingerprint density at radius 3 is 2.79 bits per heavy atom. The van der Waals surface area contributed by atoms with Crippen molar-refractivity contribution in [2.45, 2.75) is 18.6 Å². The lowest BCUT2D eigenvalue weighted by atomic mass is 10.2. The summed E-state index contributed by atoms with van der Waals surface area (Å²) < 4.78 is 0. The van der Waals surface area contributed by atoms with Crippen LogP contribution in [-0.4, -0.2) is 28.4 Å². The third-order valence-electron chi connectivity index (χ3n) is 4.00. The number of anilines is 1. The summed E-state index contributed by atoms with van der Waals surface area (Å²) >= 11 is 19.1. The Morgan fingerprint density at radius 2 is 2.03 bits per heavy atom. The number of nitrogens with zero attached hydrogens (tertiary/aromatic N) is 2. The standard InChI is InChI=1S/C19H15Cl3N4O2S/c1-10-13(21)3-2-4-15(10)24-17(27)8-16-18(28)25-19(29-16)26-23-9-11-5-6-12(20)7-14(11)22/h2-7,9,16H,8H2,1H3,(H,24,27)(H,25,26,28)/b23-9-. The van der Waals surface area contributed by atoms with Gasteiger partial charge in [0.2, 0.25) is 11.8 Å². The summed E-state index contributed by atoms with van der Waals surface area (Å²) in [7, 11) is 0. The summed E-state index contributed by atoms with van der Waals surface area (Å²) in [6.45, 7) is 1.81. The molecule has 1 aliphatic heterocycles. The predicted octanol–water partition coefficient (Wildman–Crippen LogP) is 4.91. The monoisotopic (exact) mass is 468 g/mol. The first-order chi connectivity index (χ1) is 13.8. The van der Waals surface area contributed by atoms with Gasteiger partial charge in [0.15, 0.2) is 5.17 Å². The minimum atomic E-state index is -0.595. The molecule has 0 radical (unpaired) electrons. The maximum absolute atomic E-state index is 12.3. The lowest BCUT2D eigenvalue weighted by molar-refractivity contribution is -0.122. The molecular formula is C19H15Cl3N4O2S. The van der Waals surface area contributed by atoms with Gasteiger partial charge in [-0.15, -0.1) is 5.10 Å². The fourth-order valence-electron chi connectivity index (χ4n) is 2.45. The van der Waals surface area contributed by atoms with Crippen LogP contribution in [0.25, 0.3) is 0 Å². The normalized spacial score (nSPS) is 17.7. The van der Waals surface area contributed by atoms with Crippen LogP contribution >= 0.6 is 46.6 Å². The van der Waals surface area contributed by atoms with E-state index in [1.807, 2.05) is 6.92 Å². The van der Waals surface area contributed by atoms with Crippen LogP contribution in [0.4, 0.5) is 5.69 Å². The van der Waals surface area contributed by atoms with Crippen molar-refractivity contribution < 1.29 is 9.59 Å². The highest BCUT2D eigenvalue weighted by Gasteiger charge is 2.32. The van der Waals surface area contributed by atoms with E-state index in [1.54, 1.807) is 36.4 Å². The number of amidine groups is 1. The topological polar surface area (TPSA) is 82.9 Å². The van der Waals surface area contributed by atoms with Gasteiger partial charge in [0.1, 0.15) is 5.25 Å². The Hall–Kier alpha value is -2.06. The molecule has 1 fully saturated rings. The molecule has 0 aliphatic carbocycles. The number of amides is 2. The number of carbonyl (C=O) groups excluding carboxylic acids is 2. The Kier molecular flexibility index (Phi) is 7.18. The first-order valence-corrected chi connectivity index (χ1v) is 10.4. The molecule has 150 valence electrons. The van der Waals surface area contributed by atoms with Gasteiger partial charge >= 0.3 is 0 Å². The quantitative estimate of drug-likeness (QED) is 0.482. The van der Waals surface area contributed by atoms with Crippen molar-refractivity contribution in [1.29, 1.82) is 0 Å². The number of rotatable bonds is 5. The predicted molar refractivity (Wildman–Crippen MR) is 120 cm³/mol. The second kappa shape index (κ2) is 9.63. The molecular weight excluding hydrogens is 455 g/mol. The Labute approximate surface area is 186 Å². The van der Waals surface area contributed by atoms with Crippen molar-refractivity contribution >= 4 is 75.4 Å². The van der Waals surface area contributed by atoms with E-state index < -0.39 is 5.25 Å². The number of benzene rings is 2. The van der Waals surface area contributed by atoms with Gasteiger partial charge in [-0.1, -0.05) is 58.7 Å². The average Bonchev–Trinajstić information content (AvgIpc) is 3.00. The van der Waals surface area contributed by atoms with Crippen molar-refractivity contribution in [2.75, 3.05) is 5.32 Å². The number of hydrogen-bond acceptors (Lipinski definition) is 5. The van der Waals surface area contributed by atoms with E-state index in [2.05, 4.69) is 20.8 Å². The zero-order valence-corrected chi connectivity index (χ0v) is 18.2. The number of nitrogens with one attached hydrogen (secondary N) is 2. The molecule has 1 aliphatic rings. The van der Waals surface area contributed by atoms with Crippen LogP contribution in [0.2, 0.25) is 15.1 Å². The average molecular weight is 470 g/mol. The molecule has 29 heavy (non-hydrogen) atoms. The van der Waals surface area contributed by atoms with Gasteiger partial charge in [0.25, 0.3) is 0 Å². The number of thioether (sulfide) groups is 1. The van der Waals surface area contributed by atoms with E-state index in [9.17, 15) is 9.59 Å². The van der Waals surface area contributed by atoms with Crippen LogP contribution in [0.1, 0.15) is 17.5 Å². The van der Waals surface area contributed by atoms with Crippen molar-refractivity contribution in [1.82, 2.24) is 5.32 Å². The summed E-state index contributed by atoms with van der Waals surface area (Å²) in [5, 5.41) is 14.5. The molecule has 2 aromatic rings. The summed E-state index contributed by atoms with van der Waals surface area (Å²) in [4.78, 5) is 24.4. The summed E-state index contributed by atoms with van der Waals surface area (Å²) in [6.07, 6.45) is 1.45. The number of hydrogen-bond donors (Lipinski definition) is 2. The van der Waals surface area contributed by atoms with Gasteiger partial charge in [-0.25, -0.2) is 0 Å². The fraction of sp³-hybridized carbons (Fsp3) is 0.158. The second-order valence-electron chi connectivity index (χ2n) is 6.08. The van der Waals surface area contributed by atoms with Gasteiger partial charge < -0.3 is 10.6 Å². The molecule has 0 bridgehead atoms. The van der Waals surface area contributed by atoms with Crippen LogP contribution in [0, 0.1) is 6.92 Å². The molecule has 10 heteroatoms. The van der Waals surface area contributed by atoms with Crippen LogP contribution in [0.15, 0.2) is 46.6 Å². The van der Waals surface area contributed by atoms with Crippen molar-refractivity contribution in [2.24, 2.45) is 10.2 Å². The van der Waals surface area contributed by atoms with E-state index in [0.29, 0.717) is 31.5 Å². The van der Waals surface area contributed by atoms with E-state index in [0.717, 1.165) is 17.3 Å². The molecule has 1 unspecified atom stereocenters. The molecule has 1 saturated heterocycles. The lowest BCUT2D eigenvalue weighted by Crippen LogP contribution is -2.28. The maximum atomic E-state index is 12.3. The third-order valence-corrected chi connectivity index (χ3v) is 6.04. The molecule has 1 heterocycles.